The third kappa shape index (κ3) is 2.28. The molecule has 1 rings (SSSR count). The molecule has 1 saturated heterocycles. The van der Waals surface area contributed by atoms with Gasteiger partial charge in [-0.15, -0.1) is 0 Å². The number of rotatable bonds is 4. The third-order valence-electron chi connectivity index (χ3n) is 1.98. The standard InChI is InChI=1S/C8H14N2O4/c1-13-3-6(2-9)10-7(11)4-14-5-8(10)12/h6H,2-5,9H2,1H3. The Morgan fingerprint density at radius 3 is 2.50 bits per heavy atom. The number of morpholine rings is 1. The molecule has 6 heteroatoms. The number of carbonyl (C=O) groups excluding carboxylic acids is 2. The van der Waals surface area contributed by atoms with E-state index in [9.17, 15) is 9.59 Å². The van der Waals surface area contributed by atoms with Gasteiger partial charge < -0.3 is 15.2 Å². The highest BCUT2D eigenvalue weighted by Crippen LogP contribution is 2.06. The summed E-state index contributed by atoms with van der Waals surface area (Å²) in [5, 5.41) is 0. The molecule has 6 nitrogen and oxygen atoms in total. The molecular formula is C8H14N2O4. The highest BCUT2D eigenvalue weighted by atomic mass is 16.5. The van der Waals surface area contributed by atoms with Gasteiger partial charge in [-0.25, -0.2) is 0 Å². The van der Waals surface area contributed by atoms with Gasteiger partial charge in [-0.1, -0.05) is 0 Å². The molecule has 0 aromatic heterocycles. The molecule has 0 aromatic rings. The van der Waals surface area contributed by atoms with E-state index in [2.05, 4.69) is 0 Å². The Balaban J connectivity index is 2.69. The van der Waals surface area contributed by atoms with E-state index in [1.807, 2.05) is 0 Å². The van der Waals surface area contributed by atoms with Crippen LogP contribution in [0.15, 0.2) is 0 Å². The van der Waals surface area contributed by atoms with E-state index >= 15 is 0 Å². The van der Waals surface area contributed by atoms with Gasteiger partial charge in [0.05, 0.1) is 12.6 Å². The van der Waals surface area contributed by atoms with E-state index in [0.717, 1.165) is 4.90 Å². The average molecular weight is 202 g/mol. The normalized spacial score (nSPS) is 20.0. The highest BCUT2D eigenvalue weighted by molar-refractivity contribution is 5.98. The van der Waals surface area contributed by atoms with Crippen LogP contribution in [0.3, 0.4) is 0 Å². The maximum absolute atomic E-state index is 11.3. The van der Waals surface area contributed by atoms with E-state index in [1.54, 1.807) is 0 Å². The minimum Gasteiger partial charge on any atom is -0.382 e. The fourth-order valence-electron chi connectivity index (χ4n) is 1.35. The summed E-state index contributed by atoms with van der Waals surface area (Å²) in [6, 6.07) is -0.385. The number of hydrogen-bond donors (Lipinski definition) is 1. The van der Waals surface area contributed by atoms with Crippen molar-refractivity contribution in [1.29, 1.82) is 0 Å². The number of nitrogens with two attached hydrogens (primary N) is 1. The summed E-state index contributed by atoms with van der Waals surface area (Å²) in [6.07, 6.45) is 0. The quantitative estimate of drug-likeness (QED) is 0.552. The molecule has 0 bridgehead atoms. The van der Waals surface area contributed by atoms with Crippen LogP contribution >= 0.6 is 0 Å². The van der Waals surface area contributed by atoms with Crippen LogP contribution in [0.1, 0.15) is 0 Å². The summed E-state index contributed by atoms with van der Waals surface area (Å²) in [6.45, 7) is 0.331. The molecule has 0 radical (unpaired) electrons. The zero-order chi connectivity index (χ0) is 10.6. The van der Waals surface area contributed by atoms with E-state index in [4.69, 9.17) is 15.2 Å². The number of nitrogens with zero attached hydrogens (tertiary/aromatic N) is 1. The van der Waals surface area contributed by atoms with Crippen molar-refractivity contribution in [1.82, 2.24) is 4.90 Å². The molecule has 2 amide bonds. The lowest BCUT2D eigenvalue weighted by Gasteiger charge is -2.31. The molecule has 0 aromatic carbocycles. The molecule has 1 aliphatic rings. The Morgan fingerprint density at radius 2 is 2.07 bits per heavy atom. The fourth-order valence-corrected chi connectivity index (χ4v) is 1.35. The Hall–Kier alpha value is -0.980. The predicted octanol–water partition coefficient (Wildman–Crippen LogP) is -1.65. The molecule has 14 heavy (non-hydrogen) atoms. The van der Waals surface area contributed by atoms with Crippen LogP contribution in [0.5, 0.6) is 0 Å². The summed E-state index contributed by atoms with van der Waals surface area (Å²) in [5.74, 6) is -0.706. The Kier molecular flexibility index (Phi) is 3.99. The minimum absolute atomic E-state index is 0.0635. The maximum Gasteiger partial charge on any atom is 0.255 e. The first-order valence-corrected chi connectivity index (χ1v) is 4.32. The summed E-state index contributed by atoms with van der Waals surface area (Å²) in [5.41, 5.74) is 5.45. The van der Waals surface area contributed by atoms with Crippen LogP contribution in [0.4, 0.5) is 0 Å². The van der Waals surface area contributed by atoms with Crippen LogP contribution in [0.2, 0.25) is 0 Å². The molecule has 80 valence electrons. The van der Waals surface area contributed by atoms with Gasteiger partial charge in [0, 0.05) is 13.7 Å². The summed E-state index contributed by atoms with van der Waals surface area (Å²) in [7, 11) is 1.50. The second kappa shape index (κ2) is 5.04. The lowest BCUT2D eigenvalue weighted by Crippen LogP contribution is -2.55. The van der Waals surface area contributed by atoms with Gasteiger partial charge in [-0.3, -0.25) is 14.5 Å². The zero-order valence-electron chi connectivity index (χ0n) is 8.06. The first-order valence-electron chi connectivity index (χ1n) is 4.32. The number of carbonyl (C=O) groups is 2. The first kappa shape index (κ1) is 11.1. The third-order valence-corrected chi connectivity index (χ3v) is 1.98. The molecule has 1 aliphatic heterocycles. The molecule has 0 aliphatic carbocycles. The van der Waals surface area contributed by atoms with E-state index in [0.29, 0.717) is 0 Å². The molecule has 1 atom stereocenters. The van der Waals surface area contributed by atoms with Crippen molar-refractivity contribution in [2.45, 2.75) is 6.04 Å². The number of amides is 2. The molecule has 0 spiro atoms. The van der Waals surface area contributed by atoms with Gasteiger partial charge in [0.1, 0.15) is 13.2 Å². The second-order valence-corrected chi connectivity index (χ2v) is 3.00. The van der Waals surface area contributed by atoms with Crippen molar-refractivity contribution in [2.75, 3.05) is 33.5 Å². The molecule has 0 saturated carbocycles. The number of methoxy groups -OCH3 is 1. The molecular weight excluding hydrogens is 188 g/mol. The topological polar surface area (TPSA) is 81.9 Å². The maximum atomic E-state index is 11.3. The highest BCUT2D eigenvalue weighted by Gasteiger charge is 2.32. The minimum atomic E-state index is -0.385. The second-order valence-electron chi connectivity index (χ2n) is 3.00. The number of hydrogen-bond acceptors (Lipinski definition) is 5. The van der Waals surface area contributed by atoms with Crippen LogP contribution in [-0.2, 0) is 19.1 Å². The summed E-state index contributed by atoms with van der Waals surface area (Å²) < 4.78 is 9.65. The Bertz CT molecular complexity index is 215. The lowest BCUT2D eigenvalue weighted by molar-refractivity contribution is -0.162. The van der Waals surface area contributed by atoms with Gasteiger partial charge in [0.2, 0.25) is 0 Å². The summed E-state index contributed by atoms with van der Waals surface area (Å²) >= 11 is 0. The molecule has 1 unspecified atom stereocenters. The van der Waals surface area contributed by atoms with Crippen molar-refractivity contribution in [3.63, 3.8) is 0 Å². The van der Waals surface area contributed by atoms with Gasteiger partial charge in [-0.2, -0.15) is 0 Å². The molecule has 1 heterocycles. The number of imide groups is 1. The van der Waals surface area contributed by atoms with Crippen LogP contribution in [0.25, 0.3) is 0 Å². The smallest absolute Gasteiger partial charge is 0.255 e. The van der Waals surface area contributed by atoms with Crippen LogP contribution in [0, 0.1) is 0 Å². The van der Waals surface area contributed by atoms with Gasteiger partial charge in [0.15, 0.2) is 0 Å². The monoisotopic (exact) mass is 202 g/mol. The van der Waals surface area contributed by atoms with Crippen molar-refractivity contribution in [2.24, 2.45) is 5.73 Å². The molecule has 2 N–H and O–H groups in total. The number of ether oxygens (including phenoxy) is 2. The fraction of sp³-hybridized carbons (Fsp3) is 0.750. The van der Waals surface area contributed by atoms with Gasteiger partial charge in [0.25, 0.3) is 11.8 Å². The SMILES string of the molecule is COCC(CN)N1C(=O)COCC1=O. The van der Waals surface area contributed by atoms with E-state index < -0.39 is 0 Å². The zero-order valence-corrected chi connectivity index (χ0v) is 8.06. The van der Waals surface area contributed by atoms with Crippen molar-refractivity contribution in [3.05, 3.63) is 0 Å². The van der Waals surface area contributed by atoms with Crippen molar-refractivity contribution < 1.29 is 19.1 Å². The molecule has 1 fully saturated rings. The Morgan fingerprint density at radius 1 is 1.50 bits per heavy atom. The average Bonchev–Trinajstić information content (AvgIpc) is 2.16. The van der Waals surface area contributed by atoms with Crippen LogP contribution in [-0.4, -0.2) is 56.2 Å². The van der Waals surface area contributed by atoms with Crippen LogP contribution < -0.4 is 5.73 Å². The first-order chi connectivity index (χ1) is 6.70. The van der Waals surface area contributed by atoms with Gasteiger partial charge >= 0.3 is 0 Å². The lowest BCUT2D eigenvalue weighted by atomic mass is 10.2. The van der Waals surface area contributed by atoms with Crippen molar-refractivity contribution in [3.8, 4) is 0 Å². The predicted molar refractivity (Wildman–Crippen MR) is 47.4 cm³/mol. The van der Waals surface area contributed by atoms with E-state index in [1.165, 1.54) is 7.11 Å². The summed E-state index contributed by atoms with van der Waals surface area (Å²) in [4.78, 5) is 23.8. The van der Waals surface area contributed by atoms with Gasteiger partial charge in [-0.05, 0) is 0 Å². The van der Waals surface area contributed by atoms with Crippen molar-refractivity contribution >= 4 is 11.8 Å². The Labute approximate surface area is 81.9 Å². The largest absolute Gasteiger partial charge is 0.382 e. The van der Waals surface area contributed by atoms with E-state index in [-0.39, 0.29) is 44.2 Å².